The Labute approximate surface area is 197 Å². The predicted octanol–water partition coefficient (Wildman–Crippen LogP) is 6.57. The molecule has 0 aliphatic carbocycles. The molecule has 16 heteroatoms. The van der Waals surface area contributed by atoms with E-state index in [0.717, 1.165) is 0 Å². The molecule has 0 fully saturated rings. The van der Waals surface area contributed by atoms with Crippen molar-refractivity contribution in [1.82, 2.24) is 13.8 Å². The molecule has 0 spiro atoms. The van der Waals surface area contributed by atoms with Gasteiger partial charge in [-0.1, -0.05) is 9.21 Å². The summed E-state index contributed by atoms with van der Waals surface area (Å²) in [7, 11) is -8.22. The summed E-state index contributed by atoms with van der Waals surface area (Å²) in [5.74, 6) is 0. The first kappa shape index (κ1) is 31.1. The zero-order valence-electron chi connectivity index (χ0n) is 20.5. The summed E-state index contributed by atoms with van der Waals surface area (Å²) in [6, 6.07) is 0. The molecule has 1 heterocycles. The van der Waals surface area contributed by atoms with Crippen LogP contribution < -0.4 is 0 Å². The molecule has 0 aromatic heterocycles. The van der Waals surface area contributed by atoms with Gasteiger partial charge in [0.25, 0.3) is 25.3 Å². The van der Waals surface area contributed by atoms with Gasteiger partial charge in [0.2, 0.25) is 0 Å². The van der Waals surface area contributed by atoms with E-state index in [4.69, 9.17) is 41.6 Å². The zero-order chi connectivity index (χ0) is 24.0. The fourth-order valence-electron chi connectivity index (χ4n) is 2.33. The second-order valence-corrected chi connectivity index (χ2v) is 13.1. The Kier molecular flexibility index (Phi) is 17.0. The van der Waals surface area contributed by atoms with E-state index in [1.807, 2.05) is 55.4 Å². The largest absolute Gasteiger partial charge is 0.328 e. The molecular weight excluding hydrogens is 500 g/mol. The summed E-state index contributed by atoms with van der Waals surface area (Å²) in [6.07, 6.45) is 0. The first-order chi connectivity index (χ1) is 15.5. The van der Waals surface area contributed by atoms with Gasteiger partial charge in [0.05, 0.1) is 52.9 Å². The van der Waals surface area contributed by atoms with Crippen LogP contribution in [0, 0.1) is 0 Å². The maximum absolute atomic E-state index is 6.21. The minimum absolute atomic E-state index is 0.356. The molecule has 0 saturated carbocycles. The van der Waals surface area contributed by atoms with Gasteiger partial charge in [-0.15, -0.1) is 0 Å². The van der Waals surface area contributed by atoms with Crippen LogP contribution in [0.25, 0.3) is 0 Å². The Balaban J connectivity index is 3.88. The lowest BCUT2D eigenvalue weighted by atomic mass is 10.9. The van der Waals surface area contributed by atoms with Crippen LogP contribution in [0.15, 0.2) is 4.52 Å². The average molecular weight is 540 g/mol. The maximum atomic E-state index is 6.21. The van der Waals surface area contributed by atoms with Crippen molar-refractivity contribution in [2.24, 2.45) is 4.52 Å². The molecule has 0 radical (unpaired) electrons. The second kappa shape index (κ2) is 17.5. The Morgan fingerprint density at radius 2 is 1.06 bits per heavy atom. The first-order valence-electron chi connectivity index (χ1n) is 11.0. The van der Waals surface area contributed by atoms with Gasteiger partial charge >= 0.3 is 7.66 Å². The number of hydrogen-bond acceptors (Lipinski definition) is 12. The maximum Gasteiger partial charge on any atom is 0.328 e. The summed E-state index contributed by atoms with van der Waals surface area (Å²) in [5.41, 5.74) is 0. The summed E-state index contributed by atoms with van der Waals surface area (Å²) < 4.78 is 40.8. The van der Waals surface area contributed by atoms with Crippen molar-refractivity contribution in [3.8, 4) is 0 Å². The molecule has 1 aliphatic rings. The summed E-state index contributed by atoms with van der Waals surface area (Å²) in [4.78, 5) is 18.2. The van der Waals surface area contributed by atoms with Crippen molar-refractivity contribution in [2.75, 3.05) is 52.9 Å². The van der Waals surface area contributed by atoms with E-state index in [1.165, 1.54) is 0 Å². The highest BCUT2D eigenvalue weighted by Gasteiger charge is 2.52. The standard InChI is InChI=1S/C16H40N4O8P4/c1-9-21-18-29(24-12-4)17-32(27-15-7,28-16-8)20(23-11-3)31(26-14-6)19(22-10-2)30(18)25-13-5/h9-16H2,1-8H3. The molecule has 0 N–H and O–H groups in total. The molecule has 0 aromatic rings. The highest BCUT2D eigenvalue weighted by Crippen LogP contribution is 2.79. The molecule has 1 rings (SSSR count). The van der Waals surface area contributed by atoms with E-state index in [-0.39, 0.29) is 0 Å². The lowest BCUT2D eigenvalue weighted by Gasteiger charge is -2.46. The normalized spacial score (nSPS) is 25.4. The molecule has 3 atom stereocenters. The molecule has 3 unspecified atom stereocenters. The van der Waals surface area contributed by atoms with Crippen LogP contribution in [-0.4, -0.2) is 66.7 Å². The molecular formula is C16H40N4O8P4. The Morgan fingerprint density at radius 1 is 0.562 bits per heavy atom. The van der Waals surface area contributed by atoms with E-state index in [9.17, 15) is 0 Å². The van der Waals surface area contributed by atoms with Crippen molar-refractivity contribution in [3.63, 3.8) is 0 Å². The lowest BCUT2D eigenvalue weighted by molar-refractivity contribution is -0.0890. The van der Waals surface area contributed by atoms with Gasteiger partial charge in [0.1, 0.15) is 0 Å². The molecule has 0 aromatic carbocycles. The molecule has 1 aliphatic heterocycles. The van der Waals surface area contributed by atoms with Crippen molar-refractivity contribution in [1.29, 1.82) is 0 Å². The SMILES string of the molecule is CCON1P(OCC)N=P(OCC)(OCC)N(OCC)P(OCC)N(OCC)P1OCC. The monoisotopic (exact) mass is 540 g/mol. The fourth-order valence-corrected chi connectivity index (χ4v) is 12.8. The van der Waals surface area contributed by atoms with Crippen LogP contribution >= 0.6 is 33.0 Å². The second-order valence-electron chi connectivity index (χ2n) is 5.44. The predicted molar refractivity (Wildman–Crippen MR) is 129 cm³/mol. The molecule has 0 amide bonds. The average Bonchev–Trinajstić information content (AvgIpc) is 2.77. The third kappa shape index (κ3) is 8.34. The van der Waals surface area contributed by atoms with E-state index in [0.29, 0.717) is 52.9 Å². The number of hydrogen-bond donors (Lipinski definition) is 0. The highest BCUT2D eigenvalue weighted by molar-refractivity contribution is 7.78. The molecule has 192 valence electrons. The topological polar surface area (TPSA) is 95.9 Å². The third-order valence-electron chi connectivity index (χ3n) is 3.20. The van der Waals surface area contributed by atoms with Crippen LogP contribution in [0.1, 0.15) is 55.4 Å². The van der Waals surface area contributed by atoms with Crippen LogP contribution in [-0.2, 0) is 37.1 Å². The minimum atomic E-state index is -3.17. The van der Waals surface area contributed by atoms with Gasteiger partial charge in [-0.25, -0.2) is 0 Å². The van der Waals surface area contributed by atoms with Gasteiger partial charge in [0.15, 0.2) is 0 Å². The summed E-state index contributed by atoms with van der Waals surface area (Å²) in [5, 5.41) is 0. The van der Waals surface area contributed by atoms with E-state index >= 15 is 0 Å². The van der Waals surface area contributed by atoms with E-state index in [2.05, 4.69) is 0 Å². The lowest BCUT2D eigenvalue weighted by Crippen LogP contribution is -2.33. The van der Waals surface area contributed by atoms with Crippen LogP contribution in [0.3, 0.4) is 0 Å². The molecule has 32 heavy (non-hydrogen) atoms. The van der Waals surface area contributed by atoms with Gasteiger partial charge in [0, 0.05) is 0 Å². The van der Waals surface area contributed by atoms with Crippen LogP contribution in [0.5, 0.6) is 0 Å². The molecule has 12 nitrogen and oxygen atoms in total. The Bertz CT molecular complexity index is 546. The third-order valence-corrected chi connectivity index (χ3v) is 12.9. The van der Waals surface area contributed by atoms with Crippen molar-refractivity contribution in [3.05, 3.63) is 0 Å². The Morgan fingerprint density at radius 3 is 1.53 bits per heavy atom. The Hall–Kier alpha value is 1.08. The van der Waals surface area contributed by atoms with Gasteiger partial charge < -0.3 is 22.6 Å². The van der Waals surface area contributed by atoms with E-state index in [1.54, 1.807) is 13.8 Å². The zero-order valence-corrected chi connectivity index (χ0v) is 24.1. The van der Waals surface area contributed by atoms with Crippen molar-refractivity contribution in [2.45, 2.75) is 55.4 Å². The van der Waals surface area contributed by atoms with Gasteiger partial charge in [-0.05, 0) is 60.0 Å². The summed E-state index contributed by atoms with van der Waals surface area (Å²) in [6.45, 7) is 18.3. The number of rotatable bonds is 16. The summed E-state index contributed by atoms with van der Waals surface area (Å²) >= 11 is 0. The number of nitrogens with zero attached hydrogens (tertiary/aromatic N) is 4. The van der Waals surface area contributed by atoms with Gasteiger partial charge in [-0.2, -0.15) is 4.52 Å². The van der Waals surface area contributed by atoms with Crippen LogP contribution in [0.4, 0.5) is 0 Å². The molecule has 0 saturated heterocycles. The van der Waals surface area contributed by atoms with Crippen molar-refractivity contribution >= 4 is 33.0 Å². The smallest absolute Gasteiger partial charge is 0.328 e. The van der Waals surface area contributed by atoms with Gasteiger partial charge in [-0.3, -0.25) is 14.5 Å². The fraction of sp³-hybridized carbons (Fsp3) is 1.00. The molecule has 0 bridgehead atoms. The highest BCUT2D eigenvalue weighted by atomic mass is 31.3. The quantitative estimate of drug-likeness (QED) is 0.199. The van der Waals surface area contributed by atoms with E-state index < -0.39 is 33.0 Å². The minimum Gasteiger partial charge on any atom is -0.328 e. The van der Waals surface area contributed by atoms with Crippen molar-refractivity contribution < 1.29 is 37.1 Å². The first-order valence-corrected chi connectivity index (χ1v) is 16.1. The van der Waals surface area contributed by atoms with Crippen LogP contribution in [0.2, 0.25) is 0 Å².